The van der Waals surface area contributed by atoms with Gasteiger partial charge in [0.05, 0.1) is 5.69 Å². The zero-order valence-corrected chi connectivity index (χ0v) is 32.0. The van der Waals surface area contributed by atoms with E-state index < -0.39 is 0 Å². The van der Waals surface area contributed by atoms with Crippen LogP contribution in [0.2, 0.25) is 0 Å². The summed E-state index contributed by atoms with van der Waals surface area (Å²) in [6.45, 7) is 14.6. The van der Waals surface area contributed by atoms with Crippen LogP contribution in [0, 0.1) is 23.2 Å². The van der Waals surface area contributed by atoms with Crippen molar-refractivity contribution in [2.75, 3.05) is 4.90 Å². The highest BCUT2D eigenvalue weighted by Crippen LogP contribution is 2.86. The number of hydrogen-bond acceptors (Lipinski definition) is 1. The van der Waals surface area contributed by atoms with Gasteiger partial charge in [-0.05, 0) is 160 Å². The number of para-hydroxylation sites is 1. The molecule has 1 spiro atoms. The molecule has 5 unspecified atom stereocenters. The molecule has 262 valence electrons. The lowest BCUT2D eigenvalue weighted by molar-refractivity contribution is -0.198. The molecule has 11 rings (SSSR count). The van der Waals surface area contributed by atoms with Gasteiger partial charge in [-0.25, -0.2) is 0 Å². The summed E-state index contributed by atoms with van der Waals surface area (Å²) < 4.78 is 0. The fourth-order valence-electron chi connectivity index (χ4n) is 13.5. The Kier molecular flexibility index (Phi) is 6.11. The lowest BCUT2D eigenvalue weighted by Gasteiger charge is -2.73. The normalized spacial score (nSPS) is 30.0. The van der Waals surface area contributed by atoms with E-state index in [9.17, 15) is 0 Å². The third-order valence-electron chi connectivity index (χ3n) is 16.2. The van der Waals surface area contributed by atoms with Crippen molar-refractivity contribution in [2.45, 2.75) is 108 Å². The molecule has 4 saturated carbocycles. The summed E-state index contributed by atoms with van der Waals surface area (Å²) in [5.41, 5.74) is 17.9. The first kappa shape index (κ1) is 31.4. The van der Waals surface area contributed by atoms with Gasteiger partial charge >= 0.3 is 0 Å². The van der Waals surface area contributed by atoms with Crippen molar-refractivity contribution in [3.63, 3.8) is 0 Å². The lowest BCUT2D eigenvalue weighted by Crippen LogP contribution is -2.68. The molecule has 6 aliphatic rings. The second-order valence-electron chi connectivity index (χ2n) is 19.8. The molecule has 6 aliphatic carbocycles. The molecular weight excluding hydrogens is 627 g/mol. The number of hydrogen-bond donors (Lipinski definition) is 0. The van der Waals surface area contributed by atoms with Gasteiger partial charge in [0.15, 0.2) is 0 Å². The Hall–Kier alpha value is -4.10. The van der Waals surface area contributed by atoms with E-state index >= 15 is 0 Å². The molecule has 0 heterocycles. The highest BCUT2D eigenvalue weighted by Gasteiger charge is 2.80. The molecule has 0 saturated heterocycles. The third-order valence-corrected chi connectivity index (χ3v) is 16.2. The maximum Gasteiger partial charge on any atom is 0.0543 e. The van der Waals surface area contributed by atoms with Crippen LogP contribution in [0.5, 0.6) is 0 Å². The van der Waals surface area contributed by atoms with Crippen LogP contribution in [0.15, 0.2) is 109 Å². The van der Waals surface area contributed by atoms with Gasteiger partial charge in [-0.15, -0.1) is 0 Å². The van der Waals surface area contributed by atoms with Crippen molar-refractivity contribution < 1.29 is 0 Å². The van der Waals surface area contributed by atoms with Gasteiger partial charge in [0, 0.05) is 27.8 Å². The first-order valence-electron chi connectivity index (χ1n) is 20.3. The molecule has 5 atom stereocenters. The van der Waals surface area contributed by atoms with Crippen LogP contribution in [0.1, 0.15) is 114 Å². The molecule has 0 N–H and O–H groups in total. The molecule has 0 aliphatic heterocycles. The predicted octanol–water partition coefficient (Wildman–Crippen LogP) is 13.6. The first-order chi connectivity index (χ1) is 24.9. The van der Waals surface area contributed by atoms with E-state index in [2.05, 4.69) is 156 Å². The van der Waals surface area contributed by atoms with Crippen LogP contribution in [-0.2, 0) is 21.7 Å². The summed E-state index contributed by atoms with van der Waals surface area (Å²) in [5.74, 6) is 2.96. The minimum atomic E-state index is -0.0897. The summed E-state index contributed by atoms with van der Waals surface area (Å²) >= 11 is 0. The van der Waals surface area contributed by atoms with E-state index in [-0.39, 0.29) is 16.2 Å². The summed E-state index contributed by atoms with van der Waals surface area (Å²) in [4.78, 5) is 2.57. The molecule has 2 bridgehead atoms. The fourth-order valence-corrected chi connectivity index (χ4v) is 13.5. The van der Waals surface area contributed by atoms with E-state index in [1.165, 1.54) is 107 Å². The predicted molar refractivity (Wildman–Crippen MR) is 217 cm³/mol. The second-order valence-corrected chi connectivity index (χ2v) is 19.8. The van der Waals surface area contributed by atoms with Crippen molar-refractivity contribution in [3.8, 4) is 22.3 Å². The molecule has 4 fully saturated rings. The van der Waals surface area contributed by atoms with Gasteiger partial charge in [-0.3, -0.25) is 0 Å². The van der Waals surface area contributed by atoms with E-state index in [4.69, 9.17) is 0 Å². The van der Waals surface area contributed by atoms with E-state index in [1.807, 2.05) is 0 Å². The monoisotopic (exact) mass is 679 g/mol. The standard InChI is InChI=1S/C51H53N/c1-47(2)22-23-48(3,4)45-25-33(16-21-43(45)47)40-27-41-39-14-10-11-15-42(39)49(5,6)44(41)28-46(40)52(37-12-8-7-9-13-37)38-19-17-34(18-20-38)50-29-32-24-35-26-36(31-50)51(35,50)30-32/h7-21,25,27-28,32,35-36H,22-24,26,29-31H2,1-6H3. The molecule has 0 radical (unpaired) electrons. The maximum atomic E-state index is 2.57. The van der Waals surface area contributed by atoms with Crippen LogP contribution in [-0.4, -0.2) is 0 Å². The maximum absolute atomic E-state index is 2.57. The molecular formula is C51H53N. The van der Waals surface area contributed by atoms with Crippen molar-refractivity contribution in [3.05, 3.63) is 137 Å². The van der Waals surface area contributed by atoms with Crippen molar-refractivity contribution in [1.82, 2.24) is 0 Å². The Morgan fingerprint density at radius 1 is 0.519 bits per heavy atom. The van der Waals surface area contributed by atoms with Crippen LogP contribution < -0.4 is 4.90 Å². The van der Waals surface area contributed by atoms with Crippen molar-refractivity contribution in [2.24, 2.45) is 23.2 Å². The fraction of sp³-hybridized carbons (Fsp3) is 0.412. The van der Waals surface area contributed by atoms with Gasteiger partial charge in [0.25, 0.3) is 0 Å². The third kappa shape index (κ3) is 3.86. The Labute approximate surface area is 311 Å². The van der Waals surface area contributed by atoms with E-state index in [1.54, 1.807) is 5.56 Å². The van der Waals surface area contributed by atoms with Gasteiger partial charge in [0.2, 0.25) is 0 Å². The summed E-state index contributed by atoms with van der Waals surface area (Å²) in [7, 11) is 0. The minimum Gasteiger partial charge on any atom is -0.310 e. The average molecular weight is 680 g/mol. The molecule has 1 nitrogen and oxygen atoms in total. The average Bonchev–Trinajstić information content (AvgIpc) is 3.72. The molecule has 0 aromatic heterocycles. The molecule has 0 amide bonds. The van der Waals surface area contributed by atoms with Crippen LogP contribution in [0.25, 0.3) is 22.3 Å². The van der Waals surface area contributed by atoms with Gasteiger partial charge in [0.1, 0.15) is 0 Å². The van der Waals surface area contributed by atoms with Crippen molar-refractivity contribution >= 4 is 17.1 Å². The first-order valence-corrected chi connectivity index (χ1v) is 20.3. The molecule has 52 heavy (non-hydrogen) atoms. The number of nitrogens with zero attached hydrogens (tertiary/aromatic N) is 1. The molecule has 1 heteroatoms. The Morgan fingerprint density at radius 2 is 1.23 bits per heavy atom. The zero-order chi connectivity index (χ0) is 35.4. The van der Waals surface area contributed by atoms with Gasteiger partial charge < -0.3 is 4.90 Å². The molecule has 5 aromatic rings. The van der Waals surface area contributed by atoms with Gasteiger partial charge in [-0.1, -0.05) is 114 Å². The Balaban J connectivity index is 1.12. The SMILES string of the molecule is CC1(C)CCC(C)(C)c2cc(-c3cc4c(cc3N(c3ccccc3)c3ccc(C56CC7CC8CC(C5)C86C7)cc3)C(C)(C)c3ccccc3-4)ccc21. The lowest BCUT2D eigenvalue weighted by atomic mass is 9.31. The number of benzene rings is 5. The highest BCUT2D eigenvalue weighted by atomic mass is 15.1. The number of anilines is 3. The second kappa shape index (κ2) is 10.1. The summed E-state index contributed by atoms with van der Waals surface area (Å²) in [5, 5.41) is 0. The van der Waals surface area contributed by atoms with Crippen LogP contribution in [0.3, 0.4) is 0 Å². The van der Waals surface area contributed by atoms with E-state index in [0.29, 0.717) is 10.8 Å². The van der Waals surface area contributed by atoms with Gasteiger partial charge in [-0.2, -0.15) is 0 Å². The summed E-state index contributed by atoms with van der Waals surface area (Å²) in [6.07, 6.45) is 9.82. The van der Waals surface area contributed by atoms with Crippen molar-refractivity contribution in [1.29, 1.82) is 0 Å². The minimum absolute atomic E-state index is 0.0897. The molecule has 5 aromatic carbocycles. The largest absolute Gasteiger partial charge is 0.310 e. The summed E-state index contributed by atoms with van der Waals surface area (Å²) in [6, 6.07) is 42.8. The van der Waals surface area contributed by atoms with Crippen LogP contribution in [0.4, 0.5) is 17.1 Å². The quantitative estimate of drug-likeness (QED) is 0.179. The topological polar surface area (TPSA) is 3.24 Å². The smallest absolute Gasteiger partial charge is 0.0543 e. The highest BCUT2D eigenvalue weighted by molar-refractivity contribution is 5.95. The Morgan fingerprint density at radius 3 is 1.98 bits per heavy atom. The number of rotatable bonds is 5. The van der Waals surface area contributed by atoms with Crippen LogP contribution >= 0.6 is 0 Å². The zero-order valence-electron chi connectivity index (χ0n) is 32.0. The number of fused-ring (bicyclic) bond motifs is 5. The van der Waals surface area contributed by atoms with E-state index in [0.717, 1.165) is 17.8 Å². The Bertz CT molecular complexity index is 2290.